The van der Waals surface area contributed by atoms with E-state index in [9.17, 15) is 13.5 Å². The molecule has 0 spiro atoms. The van der Waals surface area contributed by atoms with Gasteiger partial charge in [0.15, 0.2) is 0 Å². The van der Waals surface area contributed by atoms with E-state index in [1.807, 2.05) is 53.7 Å². The van der Waals surface area contributed by atoms with Crippen LogP contribution in [0.15, 0.2) is 40.3 Å². The fourth-order valence-electron chi connectivity index (χ4n) is 3.09. The van der Waals surface area contributed by atoms with E-state index in [1.165, 1.54) is 19.4 Å². The van der Waals surface area contributed by atoms with Crippen molar-refractivity contribution < 1.29 is 18.3 Å². The molecular weight excluding hydrogens is 400 g/mol. The molecule has 0 saturated heterocycles. The van der Waals surface area contributed by atoms with Crippen LogP contribution in [0.25, 0.3) is 0 Å². The SMILES string of the molecule is COc1ccc(C)cc1S(=O)(=O)N/N=C/c1cc(C(C)(C)C)c(O)c(C(C)(C)C)c1. The first kappa shape index (κ1) is 23.7. The Kier molecular flexibility index (Phi) is 6.57. The molecule has 0 radical (unpaired) electrons. The van der Waals surface area contributed by atoms with Gasteiger partial charge in [0.2, 0.25) is 0 Å². The summed E-state index contributed by atoms with van der Waals surface area (Å²) in [5.74, 6) is 0.509. The summed E-state index contributed by atoms with van der Waals surface area (Å²) in [6, 6.07) is 8.58. The highest BCUT2D eigenvalue weighted by Crippen LogP contribution is 2.39. The van der Waals surface area contributed by atoms with Crippen molar-refractivity contribution in [3.05, 3.63) is 52.6 Å². The highest BCUT2D eigenvalue weighted by Gasteiger charge is 2.26. The van der Waals surface area contributed by atoms with Crippen LogP contribution in [0, 0.1) is 6.92 Å². The first-order valence-electron chi connectivity index (χ1n) is 9.74. The molecule has 2 aromatic rings. The summed E-state index contributed by atoms with van der Waals surface area (Å²) in [5.41, 5.74) is 2.47. The number of nitrogens with zero attached hydrogens (tertiary/aromatic N) is 1. The quantitative estimate of drug-likeness (QED) is 0.533. The molecule has 0 aliphatic carbocycles. The molecule has 6 nitrogen and oxygen atoms in total. The molecule has 2 N–H and O–H groups in total. The Labute approximate surface area is 180 Å². The lowest BCUT2D eigenvalue weighted by molar-refractivity contribution is 0.402. The van der Waals surface area contributed by atoms with E-state index in [2.05, 4.69) is 9.93 Å². The van der Waals surface area contributed by atoms with Crippen LogP contribution in [-0.4, -0.2) is 26.8 Å². The number of nitrogens with one attached hydrogen (secondary N) is 1. The van der Waals surface area contributed by atoms with Gasteiger partial charge in [-0.2, -0.15) is 18.4 Å². The molecule has 30 heavy (non-hydrogen) atoms. The molecule has 2 aromatic carbocycles. The maximum atomic E-state index is 12.7. The van der Waals surface area contributed by atoms with Crippen LogP contribution in [0.1, 0.15) is 63.8 Å². The molecule has 0 unspecified atom stereocenters. The molecule has 0 atom stereocenters. The second-order valence-electron chi connectivity index (χ2n) is 9.47. The molecule has 0 amide bonds. The minimum absolute atomic E-state index is 0.0265. The van der Waals surface area contributed by atoms with Gasteiger partial charge in [0.1, 0.15) is 16.4 Å². The van der Waals surface area contributed by atoms with Crippen LogP contribution in [0.5, 0.6) is 11.5 Å². The van der Waals surface area contributed by atoms with Crippen molar-refractivity contribution in [2.75, 3.05) is 7.11 Å². The molecule has 0 fully saturated rings. The lowest BCUT2D eigenvalue weighted by Gasteiger charge is -2.27. The Hall–Kier alpha value is -2.54. The highest BCUT2D eigenvalue weighted by molar-refractivity contribution is 7.89. The number of phenolic OH excluding ortho intramolecular Hbond substituents is 1. The Balaban J connectivity index is 2.44. The van der Waals surface area contributed by atoms with Gasteiger partial charge in [-0.15, -0.1) is 0 Å². The predicted molar refractivity (Wildman–Crippen MR) is 121 cm³/mol. The van der Waals surface area contributed by atoms with E-state index >= 15 is 0 Å². The number of hydrogen-bond acceptors (Lipinski definition) is 5. The molecular formula is C23H32N2O4S. The second kappa shape index (κ2) is 8.30. The third-order valence-corrected chi connectivity index (χ3v) is 5.99. The van der Waals surface area contributed by atoms with Gasteiger partial charge in [-0.1, -0.05) is 47.6 Å². The van der Waals surface area contributed by atoms with E-state index in [0.29, 0.717) is 5.56 Å². The Morgan fingerprint density at radius 3 is 2.00 bits per heavy atom. The monoisotopic (exact) mass is 432 g/mol. The van der Waals surface area contributed by atoms with Crippen molar-refractivity contribution in [2.24, 2.45) is 5.10 Å². The van der Waals surface area contributed by atoms with Crippen LogP contribution in [-0.2, 0) is 20.9 Å². The number of ether oxygens (including phenoxy) is 1. The first-order valence-corrected chi connectivity index (χ1v) is 11.2. The van der Waals surface area contributed by atoms with Crippen LogP contribution in [0.2, 0.25) is 0 Å². The molecule has 0 bridgehead atoms. The number of phenols is 1. The normalized spacial score (nSPS) is 12.9. The van der Waals surface area contributed by atoms with Crippen molar-refractivity contribution in [1.29, 1.82) is 0 Å². The summed E-state index contributed by atoms with van der Waals surface area (Å²) in [7, 11) is -2.48. The van der Waals surface area contributed by atoms with Crippen LogP contribution in [0.3, 0.4) is 0 Å². The number of aryl methyl sites for hydroxylation is 1. The first-order chi connectivity index (χ1) is 13.7. The van der Waals surface area contributed by atoms with Gasteiger partial charge in [0.05, 0.1) is 13.3 Å². The van der Waals surface area contributed by atoms with Gasteiger partial charge in [0, 0.05) is 11.1 Å². The number of hydrazone groups is 1. The molecule has 7 heteroatoms. The second-order valence-corrected chi connectivity index (χ2v) is 11.1. The van der Waals surface area contributed by atoms with Crippen molar-refractivity contribution in [3.8, 4) is 11.5 Å². The van der Waals surface area contributed by atoms with Crippen molar-refractivity contribution in [3.63, 3.8) is 0 Å². The predicted octanol–water partition coefficient (Wildman–Crippen LogP) is 4.62. The third kappa shape index (κ3) is 5.33. The van der Waals surface area contributed by atoms with Gasteiger partial charge in [-0.05, 0) is 53.1 Å². The molecule has 0 aromatic heterocycles. The summed E-state index contributed by atoms with van der Waals surface area (Å²) in [6.45, 7) is 13.9. The fourth-order valence-corrected chi connectivity index (χ4v) is 4.14. The van der Waals surface area contributed by atoms with E-state index in [1.54, 1.807) is 19.1 Å². The summed E-state index contributed by atoms with van der Waals surface area (Å²) in [6.07, 6.45) is 1.45. The van der Waals surface area contributed by atoms with Crippen LogP contribution < -0.4 is 9.57 Å². The maximum absolute atomic E-state index is 12.7. The zero-order valence-electron chi connectivity index (χ0n) is 19.0. The van der Waals surface area contributed by atoms with E-state index < -0.39 is 10.0 Å². The number of rotatable bonds is 5. The zero-order chi connectivity index (χ0) is 22.9. The largest absolute Gasteiger partial charge is 0.507 e. The topological polar surface area (TPSA) is 88.0 Å². The van der Waals surface area contributed by atoms with E-state index in [-0.39, 0.29) is 27.2 Å². The number of benzene rings is 2. The fraction of sp³-hybridized carbons (Fsp3) is 0.435. The number of aromatic hydroxyl groups is 1. The van der Waals surface area contributed by atoms with Crippen molar-refractivity contribution >= 4 is 16.2 Å². The van der Waals surface area contributed by atoms with Gasteiger partial charge >= 0.3 is 0 Å². The van der Waals surface area contributed by atoms with E-state index in [4.69, 9.17) is 4.74 Å². The number of methoxy groups -OCH3 is 1. The van der Waals surface area contributed by atoms with Gasteiger partial charge in [-0.3, -0.25) is 0 Å². The van der Waals surface area contributed by atoms with Crippen molar-refractivity contribution in [1.82, 2.24) is 4.83 Å². The summed E-state index contributed by atoms with van der Waals surface area (Å²) in [4.78, 5) is 2.28. The number of hydrogen-bond donors (Lipinski definition) is 2. The molecule has 0 saturated carbocycles. The average Bonchev–Trinajstić information content (AvgIpc) is 2.60. The maximum Gasteiger partial charge on any atom is 0.280 e. The lowest BCUT2D eigenvalue weighted by atomic mass is 9.78. The summed E-state index contributed by atoms with van der Waals surface area (Å²) >= 11 is 0. The summed E-state index contributed by atoms with van der Waals surface area (Å²) < 4.78 is 30.6. The Bertz CT molecular complexity index is 1020. The third-order valence-electron chi connectivity index (χ3n) is 4.74. The van der Waals surface area contributed by atoms with Gasteiger partial charge in [-0.25, -0.2) is 0 Å². The van der Waals surface area contributed by atoms with E-state index in [0.717, 1.165) is 16.7 Å². The van der Waals surface area contributed by atoms with Crippen molar-refractivity contribution in [2.45, 2.75) is 64.2 Å². The average molecular weight is 433 g/mol. The van der Waals surface area contributed by atoms with Crippen LogP contribution >= 0.6 is 0 Å². The summed E-state index contributed by atoms with van der Waals surface area (Å²) in [5, 5.41) is 14.8. The van der Waals surface area contributed by atoms with Crippen LogP contribution in [0.4, 0.5) is 0 Å². The van der Waals surface area contributed by atoms with Gasteiger partial charge in [0.25, 0.3) is 10.0 Å². The standard InChI is InChI=1S/C23H32N2O4S/c1-15-9-10-19(29-8)20(11-15)30(27,28)25-24-14-16-12-17(22(2,3)4)21(26)18(13-16)23(5,6)7/h9-14,25-26H,1-8H3/b24-14+. The molecule has 164 valence electrons. The minimum atomic E-state index is -3.90. The molecule has 0 aliphatic heterocycles. The lowest BCUT2D eigenvalue weighted by Crippen LogP contribution is -2.20. The molecule has 0 aliphatic rings. The minimum Gasteiger partial charge on any atom is -0.507 e. The smallest absolute Gasteiger partial charge is 0.280 e. The molecule has 0 heterocycles. The highest BCUT2D eigenvalue weighted by atomic mass is 32.2. The van der Waals surface area contributed by atoms with Gasteiger partial charge < -0.3 is 9.84 Å². The Morgan fingerprint density at radius 2 is 1.53 bits per heavy atom. The Morgan fingerprint density at radius 1 is 1.00 bits per heavy atom. The molecule has 2 rings (SSSR count). The number of sulfonamides is 1. The zero-order valence-corrected chi connectivity index (χ0v) is 19.8.